The molecular weight excluding hydrogens is 336 g/mol. The summed E-state index contributed by atoms with van der Waals surface area (Å²) in [5.41, 5.74) is 0. The number of unbranched alkanes of at least 4 members (excludes halogenated alkanes) is 2. The molecule has 0 aliphatic heterocycles. The second-order valence-electron chi connectivity index (χ2n) is 3.81. The minimum absolute atomic E-state index is 0.180. The third kappa shape index (κ3) is 14.7. The van der Waals surface area contributed by atoms with E-state index in [9.17, 15) is 9.59 Å². The van der Waals surface area contributed by atoms with E-state index >= 15 is 0 Å². The van der Waals surface area contributed by atoms with E-state index in [2.05, 4.69) is 13.8 Å². The molecule has 0 aromatic heterocycles. The van der Waals surface area contributed by atoms with Crippen LogP contribution in [-0.2, 0) is 19.1 Å². The van der Waals surface area contributed by atoms with Crippen molar-refractivity contribution in [1.82, 2.24) is 0 Å². The number of carbonyl (C=O) groups excluding carboxylic acids is 2. The summed E-state index contributed by atoms with van der Waals surface area (Å²) in [6.07, 6.45) is 3.87. The van der Waals surface area contributed by atoms with Crippen molar-refractivity contribution < 1.29 is 19.1 Å². The molecule has 0 rings (SSSR count). The van der Waals surface area contributed by atoms with Crippen LogP contribution in [0.15, 0.2) is 0 Å². The standard InChI is InChI=1S/C12H22O4S4/c1-3-5-7-15-11(13)9-17-19-20-18-10-12(14)16-8-6-4-2/h3-10H2,1-2H3. The molecule has 4 nitrogen and oxygen atoms in total. The molecule has 0 bridgehead atoms. The maximum atomic E-state index is 11.3. The first-order valence-corrected chi connectivity index (χ1v) is 11.7. The molecule has 118 valence electrons. The highest BCUT2D eigenvalue weighted by atomic mass is 33.7. The molecule has 20 heavy (non-hydrogen) atoms. The smallest absolute Gasteiger partial charge is 0.316 e. The molecule has 0 aromatic carbocycles. The highest BCUT2D eigenvalue weighted by Crippen LogP contribution is 2.42. The Morgan fingerprint density at radius 2 is 1.20 bits per heavy atom. The number of hydrogen-bond acceptors (Lipinski definition) is 8. The Hall–Kier alpha value is 0.340. The summed E-state index contributed by atoms with van der Waals surface area (Å²) in [6.45, 7) is 5.12. The lowest BCUT2D eigenvalue weighted by atomic mass is 10.4. The van der Waals surface area contributed by atoms with Gasteiger partial charge in [-0.05, 0) is 32.5 Å². The summed E-state index contributed by atoms with van der Waals surface area (Å²) in [5, 5.41) is 0. The van der Waals surface area contributed by atoms with Crippen molar-refractivity contribution in [3.63, 3.8) is 0 Å². The van der Waals surface area contributed by atoms with Crippen LogP contribution in [0, 0.1) is 0 Å². The summed E-state index contributed by atoms with van der Waals surface area (Å²) in [5.74, 6) is 0.312. The molecule has 0 radical (unpaired) electrons. The number of rotatable bonds is 13. The van der Waals surface area contributed by atoms with Crippen molar-refractivity contribution in [2.45, 2.75) is 39.5 Å². The van der Waals surface area contributed by atoms with Crippen molar-refractivity contribution in [3.8, 4) is 0 Å². The van der Waals surface area contributed by atoms with Gasteiger partial charge in [-0.15, -0.1) is 0 Å². The van der Waals surface area contributed by atoms with Gasteiger partial charge in [0, 0.05) is 0 Å². The molecule has 0 saturated carbocycles. The van der Waals surface area contributed by atoms with Gasteiger partial charge < -0.3 is 9.47 Å². The minimum Gasteiger partial charge on any atom is -0.465 e. The average Bonchev–Trinajstić information content (AvgIpc) is 2.43. The largest absolute Gasteiger partial charge is 0.465 e. The van der Waals surface area contributed by atoms with E-state index in [1.807, 2.05) is 0 Å². The van der Waals surface area contributed by atoms with Gasteiger partial charge in [0.15, 0.2) is 0 Å². The minimum atomic E-state index is -0.180. The van der Waals surface area contributed by atoms with Gasteiger partial charge in [0.1, 0.15) is 11.5 Å². The van der Waals surface area contributed by atoms with Crippen LogP contribution in [0.2, 0.25) is 0 Å². The van der Waals surface area contributed by atoms with Gasteiger partial charge in [0.25, 0.3) is 0 Å². The third-order valence-corrected chi connectivity index (χ3v) is 8.14. The lowest BCUT2D eigenvalue weighted by Crippen LogP contribution is -2.07. The van der Waals surface area contributed by atoms with Crippen LogP contribution in [0.5, 0.6) is 0 Å². The lowest BCUT2D eigenvalue weighted by molar-refractivity contribution is -0.141. The fourth-order valence-corrected chi connectivity index (χ4v) is 6.26. The van der Waals surface area contributed by atoms with E-state index in [1.54, 1.807) is 0 Å². The predicted octanol–water partition coefficient (Wildman–Crippen LogP) is 4.35. The second kappa shape index (κ2) is 15.7. The van der Waals surface area contributed by atoms with Crippen LogP contribution in [0.3, 0.4) is 0 Å². The molecule has 0 aromatic rings. The van der Waals surface area contributed by atoms with Crippen molar-refractivity contribution in [3.05, 3.63) is 0 Å². The fraction of sp³-hybridized carbons (Fsp3) is 0.833. The Labute approximate surface area is 136 Å². The molecule has 0 unspecified atom stereocenters. The highest BCUT2D eigenvalue weighted by Gasteiger charge is 2.06. The predicted molar refractivity (Wildman–Crippen MR) is 91.8 cm³/mol. The molecule has 0 heterocycles. The Balaban J connectivity index is 3.27. The molecule has 0 N–H and O–H groups in total. The van der Waals surface area contributed by atoms with Crippen LogP contribution in [-0.4, -0.2) is 36.7 Å². The monoisotopic (exact) mass is 358 g/mol. The molecule has 0 aliphatic rings. The summed E-state index contributed by atoms with van der Waals surface area (Å²) >= 11 is 0. The molecule has 0 fully saturated rings. The van der Waals surface area contributed by atoms with Crippen LogP contribution >= 0.6 is 41.2 Å². The Bertz CT molecular complexity index is 238. The Morgan fingerprint density at radius 1 is 0.800 bits per heavy atom. The van der Waals surface area contributed by atoms with Gasteiger partial charge in [-0.2, -0.15) is 0 Å². The lowest BCUT2D eigenvalue weighted by Gasteiger charge is -2.03. The van der Waals surface area contributed by atoms with Gasteiger partial charge in [-0.1, -0.05) is 48.3 Å². The Kier molecular flexibility index (Phi) is 16.0. The van der Waals surface area contributed by atoms with Crippen LogP contribution < -0.4 is 0 Å². The van der Waals surface area contributed by atoms with E-state index < -0.39 is 0 Å². The van der Waals surface area contributed by atoms with E-state index in [0.717, 1.165) is 25.7 Å². The number of esters is 2. The van der Waals surface area contributed by atoms with Gasteiger partial charge >= 0.3 is 11.9 Å². The summed E-state index contributed by atoms with van der Waals surface area (Å²) in [7, 11) is 5.81. The average molecular weight is 359 g/mol. The molecule has 0 atom stereocenters. The molecular formula is C12H22O4S4. The molecule has 0 aliphatic carbocycles. The number of ether oxygens (including phenoxy) is 2. The zero-order chi connectivity index (χ0) is 15.1. The van der Waals surface area contributed by atoms with E-state index in [4.69, 9.17) is 9.47 Å². The summed E-state index contributed by atoms with van der Waals surface area (Å²) in [6, 6.07) is 0. The normalized spacial score (nSPS) is 10.3. The molecule has 0 amide bonds. The van der Waals surface area contributed by atoms with Crippen LogP contribution in [0.4, 0.5) is 0 Å². The van der Waals surface area contributed by atoms with Crippen LogP contribution in [0.1, 0.15) is 39.5 Å². The van der Waals surface area contributed by atoms with Gasteiger partial charge in [0.2, 0.25) is 0 Å². The zero-order valence-corrected chi connectivity index (χ0v) is 15.2. The second-order valence-corrected chi connectivity index (χ2v) is 9.81. The first-order valence-electron chi connectivity index (χ1n) is 6.59. The summed E-state index contributed by atoms with van der Waals surface area (Å²) < 4.78 is 10.0. The fourth-order valence-electron chi connectivity index (χ4n) is 0.928. The first kappa shape index (κ1) is 20.3. The molecule has 0 saturated heterocycles. The SMILES string of the molecule is CCCCOC(=O)CSSSSCC(=O)OCCCC. The van der Waals surface area contributed by atoms with Crippen molar-refractivity contribution in [2.24, 2.45) is 0 Å². The first-order chi connectivity index (χ1) is 9.70. The summed E-state index contributed by atoms with van der Waals surface area (Å²) in [4.78, 5) is 22.5. The third-order valence-electron chi connectivity index (χ3n) is 2.00. The van der Waals surface area contributed by atoms with Crippen LogP contribution in [0.25, 0.3) is 0 Å². The number of hydrogen-bond donors (Lipinski definition) is 0. The van der Waals surface area contributed by atoms with Crippen molar-refractivity contribution in [2.75, 3.05) is 24.7 Å². The maximum absolute atomic E-state index is 11.3. The molecule has 8 heteroatoms. The quantitative estimate of drug-likeness (QED) is 0.274. The van der Waals surface area contributed by atoms with E-state index in [-0.39, 0.29) is 11.9 Å². The van der Waals surface area contributed by atoms with Gasteiger partial charge in [0.05, 0.1) is 13.2 Å². The highest BCUT2D eigenvalue weighted by molar-refractivity contribution is 9.26. The number of carbonyl (C=O) groups is 2. The zero-order valence-electron chi connectivity index (χ0n) is 11.9. The van der Waals surface area contributed by atoms with Crippen molar-refractivity contribution in [1.29, 1.82) is 0 Å². The maximum Gasteiger partial charge on any atom is 0.316 e. The van der Waals surface area contributed by atoms with Gasteiger partial charge in [-0.25, -0.2) is 0 Å². The van der Waals surface area contributed by atoms with Gasteiger partial charge in [-0.3, -0.25) is 9.59 Å². The van der Waals surface area contributed by atoms with E-state index in [1.165, 1.54) is 41.2 Å². The van der Waals surface area contributed by atoms with Crippen molar-refractivity contribution >= 4 is 53.2 Å². The van der Waals surface area contributed by atoms with E-state index in [0.29, 0.717) is 24.7 Å². The molecule has 0 spiro atoms. The Morgan fingerprint density at radius 3 is 1.55 bits per heavy atom. The topological polar surface area (TPSA) is 52.6 Å².